The largest absolute Gasteiger partial charge is 0.326 e. The Morgan fingerprint density at radius 2 is 1.85 bits per heavy atom. The molecule has 1 aromatic carbocycles. The Labute approximate surface area is 128 Å². The third-order valence-electron chi connectivity index (χ3n) is 6.14. The van der Waals surface area contributed by atoms with Crippen molar-refractivity contribution in [3.8, 4) is 0 Å². The number of hydrogen-bond donors (Lipinski definition) is 1. The minimum atomic E-state index is 0.236. The van der Waals surface area contributed by atoms with Gasteiger partial charge in [-0.05, 0) is 73.1 Å². The standard InChI is InChI=1S/C17H20BrNO/c1-10-13-6-7-14(17(13)8-9-17)15(10)16(20)19-12-4-2-11(18)3-5-12/h2-5,10,13-15H,6-9H2,1H3,(H,19,20). The Hall–Kier alpha value is -0.830. The van der Waals surface area contributed by atoms with Gasteiger partial charge in [-0.1, -0.05) is 22.9 Å². The molecule has 0 radical (unpaired) electrons. The van der Waals surface area contributed by atoms with Crippen LogP contribution in [0.1, 0.15) is 32.6 Å². The highest BCUT2D eigenvalue weighted by atomic mass is 79.9. The van der Waals surface area contributed by atoms with Gasteiger partial charge in [-0.15, -0.1) is 0 Å². The van der Waals surface area contributed by atoms with Crippen LogP contribution in [-0.4, -0.2) is 5.91 Å². The molecule has 4 atom stereocenters. The highest BCUT2D eigenvalue weighted by Gasteiger charge is 2.68. The fraction of sp³-hybridized carbons (Fsp3) is 0.588. The van der Waals surface area contributed by atoms with Crippen molar-refractivity contribution in [2.75, 3.05) is 5.32 Å². The summed E-state index contributed by atoms with van der Waals surface area (Å²) in [7, 11) is 0. The van der Waals surface area contributed by atoms with Crippen LogP contribution in [0, 0.1) is 29.1 Å². The third-order valence-corrected chi connectivity index (χ3v) is 6.67. The lowest BCUT2D eigenvalue weighted by molar-refractivity contribution is -0.122. The van der Waals surface area contributed by atoms with E-state index >= 15 is 0 Å². The van der Waals surface area contributed by atoms with Crippen LogP contribution >= 0.6 is 15.9 Å². The lowest BCUT2D eigenvalue weighted by atomic mass is 9.80. The van der Waals surface area contributed by atoms with Crippen LogP contribution in [0.4, 0.5) is 5.69 Å². The van der Waals surface area contributed by atoms with Crippen molar-refractivity contribution in [2.45, 2.75) is 32.6 Å². The van der Waals surface area contributed by atoms with Gasteiger partial charge in [0, 0.05) is 16.1 Å². The summed E-state index contributed by atoms with van der Waals surface area (Å²) in [6, 6.07) is 7.88. The van der Waals surface area contributed by atoms with Crippen LogP contribution in [0.2, 0.25) is 0 Å². The van der Waals surface area contributed by atoms with Crippen molar-refractivity contribution < 1.29 is 4.79 Å². The van der Waals surface area contributed by atoms with Gasteiger partial charge in [0.25, 0.3) is 0 Å². The van der Waals surface area contributed by atoms with E-state index in [0.29, 0.717) is 17.3 Å². The van der Waals surface area contributed by atoms with E-state index < -0.39 is 0 Å². The van der Waals surface area contributed by atoms with Gasteiger partial charge < -0.3 is 5.32 Å². The van der Waals surface area contributed by atoms with E-state index in [0.717, 1.165) is 16.1 Å². The molecule has 3 saturated carbocycles. The van der Waals surface area contributed by atoms with Crippen molar-refractivity contribution in [3.05, 3.63) is 28.7 Å². The second kappa shape index (κ2) is 4.33. The number of nitrogens with one attached hydrogen (secondary N) is 1. The van der Waals surface area contributed by atoms with E-state index in [1.54, 1.807) is 0 Å². The van der Waals surface area contributed by atoms with E-state index in [4.69, 9.17) is 0 Å². The fourth-order valence-corrected chi connectivity index (χ4v) is 5.48. The highest BCUT2D eigenvalue weighted by molar-refractivity contribution is 9.10. The van der Waals surface area contributed by atoms with Crippen molar-refractivity contribution in [1.29, 1.82) is 0 Å². The average Bonchev–Trinajstić information content (AvgIpc) is 3.08. The molecule has 0 aromatic heterocycles. The van der Waals surface area contributed by atoms with E-state index in [2.05, 4.69) is 28.2 Å². The van der Waals surface area contributed by atoms with Gasteiger partial charge in [0.2, 0.25) is 5.91 Å². The summed E-state index contributed by atoms with van der Waals surface area (Å²) in [5, 5.41) is 3.13. The van der Waals surface area contributed by atoms with Crippen molar-refractivity contribution >= 4 is 27.5 Å². The molecule has 0 aliphatic heterocycles. The summed E-state index contributed by atoms with van der Waals surface area (Å²) in [6.45, 7) is 2.30. The number of carbonyl (C=O) groups is 1. The molecule has 1 aromatic rings. The number of rotatable bonds is 2. The van der Waals surface area contributed by atoms with Gasteiger partial charge in [-0.25, -0.2) is 0 Å². The molecule has 1 amide bonds. The zero-order chi connectivity index (χ0) is 13.9. The Kier molecular flexibility index (Phi) is 2.79. The molecule has 20 heavy (non-hydrogen) atoms. The van der Waals surface area contributed by atoms with Crippen LogP contribution in [0.3, 0.4) is 0 Å². The molecular formula is C17H20BrNO. The predicted octanol–water partition coefficient (Wildman–Crippen LogP) is 4.46. The molecule has 3 aliphatic carbocycles. The summed E-state index contributed by atoms with van der Waals surface area (Å²) in [5.41, 5.74) is 1.49. The first-order chi connectivity index (χ1) is 9.62. The Bertz CT molecular complexity index is 549. The number of hydrogen-bond acceptors (Lipinski definition) is 1. The topological polar surface area (TPSA) is 29.1 Å². The highest BCUT2D eigenvalue weighted by Crippen LogP contribution is 2.74. The van der Waals surface area contributed by atoms with E-state index in [9.17, 15) is 4.79 Å². The molecule has 0 heterocycles. The van der Waals surface area contributed by atoms with Gasteiger partial charge in [0.15, 0.2) is 0 Å². The van der Waals surface area contributed by atoms with Crippen LogP contribution in [0.25, 0.3) is 0 Å². The minimum absolute atomic E-state index is 0.236. The van der Waals surface area contributed by atoms with Crippen LogP contribution in [0.5, 0.6) is 0 Å². The number of benzene rings is 1. The summed E-state index contributed by atoms with van der Waals surface area (Å²) in [6.07, 6.45) is 5.37. The monoisotopic (exact) mass is 333 g/mol. The minimum Gasteiger partial charge on any atom is -0.326 e. The molecule has 2 nitrogen and oxygen atoms in total. The number of halogens is 1. The van der Waals surface area contributed by atoms with Gasteiger partial charge >= 0.3 is 0 Å². The fourth-order valence-electron chi connectivity index (χ4n) is 5.22. The normalized spacial score (nSPS) is 36.3. The smallest absolute Gasteiger partial charge is 0.228 e. The summed E-state index contributed by atoms with van der Waals surface area (Å²) >= 11 is 3.42. The lowest BCUT2D eigenvalue weighted by Gasteiger charge is -2.27. The average molecular weight is 334 g/mol. The van der Waals surface area contributed by atoms with Gasteiger partial charge in [-0.2, -0.15) is 0 Å². The molecule has 4 unspecified atom stereocenters. The molecule has 3 aliphatic rings. The maximum Gasteiger partial charge on any atom is 0.228 e. The zero-order valence-electron chi connectivity index (χ0n) is 11.7. The predicted molar refractivity (Wildman–Crippen MR) is 83.3 cm³/mol. The molecule has 2 bridgehead atoms. The van der Waals surface area contributed by atoms with E-state index in [-0.39, 0.29) is 11.8 Å². The molecular weight excluding hydrogens is 314 g/mol. The van der Waals surface area contributed by atoms with Crippen LogP contribution in [0.15, 0.2) is 28.7 Å². The van der Waals surface area contributed by atoms with Crippen molar-refractivity contribution in [1.82, 2.24) is 0 Å². The Balaban J connectivity index is 1.53. The van der Waals surface area contributed by atoms with Crippen molar-refractivity contribution in [2.24, 2.45) is 29.1 Å². The summed E-state index contributed by atoms with van der Waals surface area (Å²) < 4.78 is 1.04. The summed E-state index contributed by atoms with van der Waals surface area (Å²) in [4.78, 5) is 12.7. The van der Waals surface area contributed by atoms with Crippen LogP contribution in [-0.2, 0) is 4.79 Å². The number of anilines is 1. The second-order valence-corrected chi connectivity index (χ2v) is 7.82. The zero-order valence-corrected chi connectivity index (χ0v) is 13.3. The molecule has 4 rings (SSSR count). The first-order valence-electron chi connectivity index (χ1n) is 7.68. The molecule has 1 spiro atoms. The maximum atomic E-state index is 12.7. The van der Waals surface area contributed by atoms with Gasteiger partial charge in [0.05, 0.1) is 0 Å². The molecule has 0 saturated heterocycles. The van der Waals surface area contributed by atoms with Gasteiger partial charge in [-0.3, -0.25) is 4.79 Å². The second-order valence-electron chi connectivity index (χ2n) is 6.90. The quantitative estimate of drug-likeness (QED) is 0.850. The number of carbonyl (C=O) groups excluding carboxylic acids is 1. The molecule has 1 N–H and O–H groups in total. The summed E-state index contributed by atoms with van der Waals surface area (Å²) in [5.74, 6) is 2.51. The van der Waals surface area contributed by atoms with Crippen molar-refractivity contribution in [3.63, 3.8) is 0 Å². The third kappa shape index (κ3) is 1.71. The Morgan fingerprint density at radius 3 is 2.45 bits per heavy atom. The molecule has 3 fully saturated rings. The number of amides is 1. The SMILES string of the molecule is CC1C(C(=O)Nc2ccc(Br)cc2)C2CCC1C21CC1. The first-order valence-corrected chi connectivity index (χ1v) is 8.47. The van der Waals surface area contributed by atoms with E-state index in [1.807, 2.05) is 24.3 Å². The van der Waals surface area contributed by atoms with Crippen LogP contribution < -0.4 is 5.32 Å². The Morgan fingerprint density at radius 1 is 1.20 bits per heavy atom. The van der Waals surface area contributed by atoms with Gasteiger partial charge in [0.1, 0.15) is 0 Å². The molecule has 106 valence electrons. The molecule has 3 heteroatoms. The lowest BCUT2D eigenvalue weighted by Crippen LogP contribution is -2.32. The first kappa shape index (κ1) is 12.9. The maximum absolute atomic E-state index is 12.7. The van der Waals surface area contributed by atoms with E-state index in [1.165, 1.54) is 25.7 Å².